The third-order valence-corrected chi connectivity index (χ3v) is 4.18. The van der Waals surface area contributed by atoms with Crippen LogP contribution in [0.2, 0.25) is 0 Å². The van der Waals surface area contributed by atoms with Gasteiger partial charge in [0.15, 0.2) is 5.69 Å². The van der Waals surface area contributed by atoms with Crippen molar-refractivity contribution in [3.8, 4) is 11.4 Å². The van der Waals surface area contributed by atoms with Gasteiger partial charge < -0.3 is 15.8 Å². The second kappa shape index (κ2) is 7.14. The average Bonchev–Trinajstić information content (AvgIpc) is 3.35. The van der Waals surface area contributed by atoms with Gasteiger partial charge >= 0.3 is 6.61 Å². The molecule has 1 atom stereocenters. The van der Waals surface area contributed by atoms with Gasteiger partial charge in [-0.25, -0.2) is 4.68 Å². The number of nitrogens with one attached hydrogen (secondary N) is 1. The van der Waals surface area contributed by atoms with Crippen LogP contribution in [0, 0.1) is 12.8 Å². The van der Waals surface area contributed by atoms with Crippen molar-refractivity contribution in [2.75, 3.05) is 6.54 Å². The number of carbonyl (C=O) groups excluding carboxylic acids is 1. The van der Waals surface area contributed by atoms with Crippen molar-refractivity contribution in [1.82, 2.24) is 20.3 Å². The van der Waals surface area contributed by atoms with Crippen molar-refractivity contribution >= 4 is 5.91 Å². The van der Waals surface area contributed by atoms with Crippen LogP contribution >= 0.6 is 0 Å². The van der Waals surface area contributed by atoms with Gasteiger partial charge in [0.2, 0.25) is 0 Å². The molecule has 0 aliphatic heterocycles. The molecule has 1 heterocycles. The van der Waals surface area contributed by atoms with Gasteiger partial charge in [0, 0.05) is 12.6 Å². The van der Waals surface area contributed by atoms with Gasteiger partial charge in [-0.3, -0.25) is 4.79 Å². The lowest BCUT2D eigenvalue weighted by molar-refractivity contribution is -0.0498. The molecule has 1 fully saturated rings. The van der Waals surface area contributed by atoms with Crippen molar-refractivity contribution in [1.29, 1.82) is 0 Å². The molecule has 3 rings (SSSR count). The molecule has 3 N–H and O–H groups in total. The Kier molecular flexibility index (Phi) is 4.93. The first-order valence-corrected chi connectivity index (χ1v) is 7.98. The van der Waals surface area contributed by atoms with Crippen molar-refractivity contribution in [3.63, 3.8) is 0 Å². The highest BCUT2D eigenvalue weighted by Gasteiger charge is 2.32. The van der Waals surface area contributed by atoms with E-state index in [1.165, 1.54) is 16.8 Å². The van der Waals surface area contributed by atoms with E-state index in [-0.39, 0.29) is 23.4 Å². The SMILES string of the molecule is Cc1c(C(=O)NC(CN)C2CC2)nnn1-c1ccc(OC(F)F)cc1. The Morgan fingerprint density at radius 3 is 2.64 bits per heavy atom. The number of halogens is 2. The number of hydrogen-bond donors (Lipinski definition) is 2. The van der Waals surface area contributed by atoms with Crippen LogP contribution in [0.15, 0.2) is 24.3 Å². The highest BCUT2D eigenvalue weighted by Crippen LogP contribution is 2.32. The minimum Gasteiger partial charge on any atom is -0.435 e. The van der Waals surface area contributed by atoms with Crippen molar-refractivity contribution in [3.05, 3.63) is 35.7 Å². The molecule has 1 amide bonds. The summed E-state index contributed by atoms with van der Waals surface area (Å²) >= 11 is 0. The first-order chi connectivity index (χ1) is 12.0. The minimum atomic E-state index is -2.88. The van der Waals surface area contributed by atoms with Crippen LogP contribution in [0.5, 0.6) is 5.75 Å². The van der Waals surface area contributed by atoms with Crippen molar-refractivity contribution < 1.29 is 18.3 Å². The summed E-state index contributed by atoms with van der Waals surface area (Å²) in [7, 11) is 0. The number of carbonyl (C=O) groups is 1. The quantitative estimate of drug-likeness (QED) is 0.791. The first kappa shape index (κ1) is 17.3. The zero-order valence-corrected chi connectivity index (χ0v) is 13.7. The molecule has 1 unspecified atom stereocenters. The topological polar surface area (TPSA) is 95.1 Å². The van der Waals surface area contributed by atoms with E-state index in [2.05, 4.69) is 20.4 Å². The molecule has 0 saturated heterocycles. The van der Waals surface area contributed by atoms with Gasteiger partial charge in [0.1, 0.15) is 5.75 Å². The number of nitrogens with two attached hydrogens (primary N) is 1. The van der Waals surface area contributed by atoms with Crippen LogP contribution in [0.3, 0.4) is 0 Å². The zero-order valence-electron chi connectivity index (χ0n) is 13.7. The van der Waals surface area contributed by atoms with E-state index in [4.69, 9.17) is 5.73 Å². The third-order valence-electron chi connectivity index (χ3n) is 4.18. The molecular weight excluding hydrogens is 332 g/mol. The Balaban J connectivity index is 1.75. The number of benzene rings is 1. The Labute approximate surface area is 143 Å². The lowest BCUT2D eigenvalue weighted by Crippen LogP contribution is -2.42. The normalized spacial score (nSPS) is 15.2. The van der Waals surface area contributed by atoms with Gasteiger partial charge in [-0.15, -0.1) is 5.10 Å². The number of ether oxygens (including phenoxy) is 1. The predicted molar refractivity (Wildman–Crippen MR) is 85.8 cm³/mol. The first-order valence-electron chi connectivity index (χ1n) is 7.98. The van der Waals surface area contributed by atoms with E-state index in [1.807, 2.05) is 0 Å². The predicted octanol–water partition coefficient (Wildman–Crippen LogP) is 1.64. The van der Waals surface area contributed by atoms with E-state index in [9.17, 15) is 13.6 Å². The average molecular weight is 351 g/mol. The molecular formula is C16H19F2N5O2. The summed E-state index contributed by atoms with van der Waals surface area (Å²) in [6.07, 6.45) is 2.14. The van der Waals surface area contributed by atoms with Crippen LogP contribution in [0.25, 0.3) is 5.69 Å². The second-order valence-electron chi connectivity index (χ2n) is 5.96. The summed E-state index contributed by atoms with van der Waals surface area (Å²) in [5.41, 5.74) is 7.05. The molecule has 1 aliphatic rings. The van der Waals surface area contributed by atoms with Crippen LogP contribution < -0.4 is 15.8 Å². The number of rotatable bonds is 7. The summed E-state index contributed by atoms with van der Waals surface area (Å²) < 4.78 is 30.2. The Morgan fingerprint density at radius 1 is 1.40 bits per heavy atom. The molecule has 7 nitrogen and oxygen atoms in total. The number of amides is 1. The van der Waals surface area contributed by atoms with Crippen LogP contribution in [-0.4, -0.2) is 40.1 Å². The van der Waals surface area contributed by atoms with Crippen molar-refractivity contribution in [2.45, 2.75) is 32.4 Å². The Bertz CT molecular complexity index is 743. The van der Waals surface area contributed by atoms with E-state index in [0.717, 1.165) is 12.8 Å². The molecule has 0 bridgehead atoms. The number of nitrogens with zero attached hydrogens (tertiary/aromatic N) is 3. The van der Waals surface area contributed by atoms with E-state index < -0.39 is 6.61 Å². The largest absolute Gasteiger partial charge is 0.435 e. The van der Waals surface area contributed by atoms with Gasteiger partial charge in [-0.1, -0.05) is 5.21 Å². The molecule has 25 heavy (non-hydrogen) atoms. The number of aromatic nitrogens is 3. The Morgan fingerprint density at radius 2 is 2.08 bits per heavy atom. The third kappa shape index (κ3) is 3.93. The highest BCUT2D eigenvalue weighted by molar-refractivity contribution is 5.93. The minimum absolute atomic E-state index is 0.0460. The van der Waals surface area contributed by atoms with Crippen LogP contribution in [-0.2, 0) is 0 Å². The second-order valence-corrected chi connectivity index (χ2v) is 5.96. The van der Waals surface area contributed by atoms with E-state index in [1.54, 1.807) is 19.1 Å². The lowest BCUT2D eigenvalue weighted by Gasteiger charge is -2.15. The van der Waals surface area contributed by atoms with Crippen LogP contribution in [0.1, 0.15) is 29.0 Å². The fourth-order valence-corrected chi connectivity index (χ4v) is 2.66. The number of hydrogen-bond acceptors (Lipinski definition) is 5. The molecule has 1 aromatic carbocycles. The van der Waals surface area contributed by atoms with Crippen molar-refractivity contribution in [2.24, 2.45) is 11.7 Å². The standard InChI is InChI=1S/C16H19F2N5O2/c1-9-14(15(24)20-13(8-19)10-2-3-10)21-22-23(9)11-4-6-12(7-5-11)25-16(17)18/h4-7,10,13,16H,2-3,8,19H2,1H3,(H,20,24). The zero-order chi connectivity index (χ0) is 18.0. The molecule has 1 saturated carbocycles. The summed E-state index contributed by atoms with van der Waals surface area (Å²) in [5.74, 6) is 0.167. The molecule has 1 aliphatic carbocycles. The molecule has 0 spiro atoms. The monoisotopic (exact) mass is 351 g/mol. The fraction of sp³-hybridized carbons (Fsp3) is 0.438. The summed E-state index contributed by atoms with van der Waals surface area (Å²) in [5, 5.41) is 10.8. The Hall–Kier alpha value is -2.55. The van der Waals surface area contributed by atoms with E-state index in [0.29, 0.717) is 23.8 Å². The molecule has 9 heteroatoms. The van der Waals surface area contributed by atoms with E-state index >= 15 is 0 Å². The van der Waals surface area contributed by atoms with Crippen LogP contribution in [0.4, 0.5) is 8.78 Å². The summed E-state index contributed by atoms with van der Waals surface area (Å²) in [6, 6.07) is 5.88. The van der Waals surface area contributed by atoms with Gasteiger partial charge in [-0.05, 0) is 49.9 Å². The summed E-state index contributed by atoms with van der Waals surface area (Å²) in [4.78, 5) is 12.4. The van der Waals surface area contributed by atoms with Gasteiger partial charge in [0.05, 0.1) is 11.4 Å². The highest BCUT2D eigenvalue weighted by atomic mass is 19.3. The maximum atomic E-state index is 12.4. The smallest absolute Gasteiger partial charge is 0.387 e. The van der Waals surface area contributed by atoms with Gasteiger partial charge in [0.25, 0.3) is 5.91 Å². The summed E-state index contributed by atoms with van der Waals surface area (Å²) in [6.45, 7) is -0.779. The maximum absolute atomic E-state index is 12.4. The molecule has 0 radical (unpaired) electrons. The fourth-order valence-electron chi connectivity index (χ4n) is 2.66. The van der Waals surface area contributed by atoms with Gasteiger partial charge in [-0.2, -0.15) is 8.78 Å². The molecule has 134 valence electrons. The lowest BCUT2D eigenvalue weighted by atomic mass is 10.2. The molecule has 1 aromatic heterocycles. The molecule has 2 aromatic rings. The maximum Gasteiger partial charge on any atom is 0.387 e. The number of alkyl halides is 2.